The summed E-state index contributed by atoms with van der Waals surface area (Å²) in [5, 5.41) is 12.9. The summed E-state index contributed by atoms with van der Waals surface area (Å²) in [5.74, 6) is -0.855. The fraction of sp³-hybridized carbons (Fsp3) is 0.143. The maximum absolute atomic E-state index is 12.7. The van der Waals surface area contributed by atoms with Crippen molar-refractivity contribution < 1.29 is 9.59 Å². The highest BCUT2D eigenvalue weighted by molar-refractivity contribution is 6.07. The van der Waals surface area contributed by atoms with E-state index in [9.17, 15) is 9.59 Å². The van der Waals surface area contributed by atoms with E-state index in [1.807, 2.05) is 30.3 Å². The monoisotopic (exact) mass is 356 g/mol. The van der Waals surface area contributed by atoms with E-state index >= 15 is 0 Å². The first-order valence-corrected chi connectivity index (χ1v) is 8.61. The van der Waals surface area contributed by atoms with Crippen LogP contribution in [0.25, 0.3) is 10.9 Å². The van der Waals surface area contributed by atoms with Crippen LogP contribution < -0.4 is 10.2 Å². The van der Waals surface area contributed by atoms with Crippen molar-refractivity contribution in [2.75, 3.05) is 16.8 Å². The van der Waals surface area contributed by atoms with Crippen molar-refractivity contribution in [3.05, 3.63) is 66.4 Å². The third-order valence-electron chi connectivity index (χ3n) is 4.70. The van der Waals surface area contributed by atoms with Crippen LogP contribution in [0.1, 0.15) is 12.0 Å². The summed E-state index contributed by atoms with van der Waals surface area (Å²) in [4.78, 5) is 31.2. The minimum atomic E-state index is -0.483. The van der Waals surface area contributed by atoms with Gasteiger partial charge >= 0.3 is 0 Å². The lowest BCUT2D eigenvalue weighted by Crippen LogP contribution is -2.28. The number of fused-ring (bicyclic) bond motifs is 1. The molecule has 1 N–H and O–H groups in total. The summed E-state index contributed by atoms with van der Waals surface area (Å²) >= 11 is 0. The van der Waals surface area contributed by atoms with E-state index in [-0.39, 0.29) is 24.8 Å². The van der Waals surface area contributed by atoms with Crippen LogP contribution in [0.4, 0.5) is 11.4 Å². The lowest BCUT2D eigenvalue weighted by atomic mass is 10.1. The predicted octanol–water partition coefficient (Wildman–Crippen LogP) is 3.10. The van der Waals surface area contributed by atoms with Gasteiger partial charge in [0.2, 0.25) is 11.8 Å². The molecule has 0 aliphatic carbocycles. The lowest BCUT2D eigenvalue weighted by molar-refractivity contribution is -0.122. The second-order valence-corrected chi connectivity index (χ2v) is 6.40. The lowest BCUT2D eigenvalue weighted by Gasteiger charge is -2.18. The number of benzene rings is 2. The molecule has 1 aliphatic heterocycles. The number of rotatable bonds is 3. The molecule has 2 heterocycles. The van der Waals surface area contributed by atoms with Gasteiger partial charge in [-0.2, -0.15) is 5.26 Å². The molecule has 6 heteroatoms. The third kappa shape index (κ3) is 3.11. The summed E-state index contributed by atoms with van der Waals surface area (Å²) in [5.41, 5.74) is 2.31. The Bertz CT molecular complexity index is 1080. The van der Waals surface area contributed by atoms with E-state index in [2.05, 4.69) is 16.4 Å². The number of hydrogen-bond acceptors (Lipinski definition) is 4. The van der Waals surface area contributed by atoms with Gasteiger partial charge in [-0.05, 0) is 24.3 Å². The predicted molar refractivity (Wildman–Crippen MR) is 102 cm³/mol. The van der Waals surface area contributed by atoms with Crippen LogP contribution in [0, 0.1) is 17.2 Å². The Morgan fingerprint density at radius 1 is 1.15 bits per heavy atom. The van der Waals surface area contributed by atoms with Crippen LogP contribution in [0.3, 0.4) is 0 Å². The molecule has 4 rings (SSSR count). The minimum absolute atomic E-state index is 0.109. The molecule has 27 heavy (non-hydrogen) atoms. The zero-order valence-electron chi connectivity index (χ0n) is 14.4. The Balaban J connectivity index is 1.57. The third-order valence-corrected chi connectivity index (χ3v) is 4.70. The number of aromatic nitrogens is 1. The summed E-state index contributed by atoms with van der Waals surface area (Å²) in [6, 6.07) is 18.3. The quantitative estimate of drug-likeness (QED) is 0.781. The highest BCUT2D eigenvalue weighted by Gasteiger charge is 2.36. The summed E-state index contributed by atoms with van der Waals surface area (Å²) in [6.07, 6.45) is 1.82. The van der Waals surface area contributed by atoms with E-state index in [0.29, 0.717) is 16.9 Å². The average Bonchev–Trinajstić information content (AvgIpc) is 3.09. The first kappa shape index (κ1) is 16.7. The van der Waals surface area contributed by atoms with E-state index in [1.54, 1.807) is 35.4 Å². The largest absolute Gasteiger partial charge is 0.325 e. The van der Waals surface area contributed by atoms with Gasteiger partial charge in [-0.15, -0.1) is 0 Å². The molecule has 3 aromatic rings. The fourth-order valence-electron chi connectivity index (χ4n) is 3.35. The molecular weight excluding hydrogens is 340 g/mol. The number of pyridine rings is 1. The van der Waals surface area contributed by atoms with E-state index in [1.165, 1.54) is 0 Å². The van der Waals surface area contributed by atoms with Crippen molar-refractivity contribution in [1.82, 2.24) is 4.98 Å². The second-order valence-electron chi connectivity index (χ2n) is 6.40. The maximum atomic E-state index is 12.7. The molecule has 2 amide bonds. The summed E-state index contributed by atoms with van der Waals surface area (Å²) in [6.45, 7) is 0.287. The van der Waals surface area contributed by atoms with Gasteiger partial charge < -0.3 is 10.2 Å². The van der Waals surface area contributed by atoms with Crippen molar-refractivity contribution in [2.24, 2.45) is 5.92 Å². The Kier molecular flexibility index (Phi) is 4.27. The first-order chi connectivity index (χ1) is 13.2. The van der Waals surface area contributed by atoms with Crippen LogP contribution in [0.5, 0.6) is 0 Å². The molecule has 132 valence electrons. The van der Waals surface area contributed by atoms with Crippen LogP contribution in [-0.2, 0) is 9.59 Å². The minimum Gasteiger partial charge on any atom is -0.325 e. The SMILES string of the molecule is N#Cc1ccccc1NC(=O)C1CC(=O)N(c2cccc3cccnc23)C1. The highest BCUT2D eigenvalue weighted by Crippen LogP contribution is 2.31. The molecule has 1 atom stereocenters. The van der Waals surface area contributed by atoms with Crippen LogP contribution in [0.2, 0.25) is 0 Å². The molecule has 1 saturated heterocycles. The molecule has 0 spiro atoms. The number of amides is 2. The van der Waals surface area contributed by atoms with Crippen LogP contribution >= 0.6 is 0 Å². The Hall–Kier alpha value is -3.72. The molecule has 1 aromatic heterocycles. The molecule has 1 aliphatic rings. The number of anilines is 2. The van der Waals surface area contributed by atoms with Crippen LogP contribution in [0.15, 0.2) is 60.8 Å². The van der Waals surface area contributed by atoms with Crippen molar-refractivity contribution in [1.29, 1.82) is 5.26 Å². The van der Waals surface area contributed by atoms with Gasteiger partial charge in [0.05, 0.1) is 28.4 Å². The number of para-hydroxylation sites is 2. The zero-order valence-corrected chi connectivity index (χ0v) is 14.4. The molecular formula is C21H16N4O2. The van der Waals surface area contributed by atoms with Gasteiger partial charge in [0.15, 0.2) is 0 Å². The number of hydrogen-bond donors (Lipinski definition) is 1. The van der Waals surface area contributed by atoms with Crippen molar-refractivity contribution in [3.8, 4) is 6.07 Å². The standard InChI is InChI=1S/C21H16N4O2/c22-12-15-5-1-2-8-17(15)24-21(27)16-11-19(26)25(13-16)18-9-3-6-14-7-4-10-23-20(14)18/h1-10,16H,11,13H2,(H,24,27). The molecule has 0 radical (unpaired) electrons. The molecule has 0 bridgehead atoms. The smallest absolute Gasteiger partial charge is 0.229 e. The normalized spacial score (nSPS) is 16.3. The molecule has 1 fully saturated rings. The van der Waals surface area contributed by atoms with Gasteiger partial charge in [0.1, 0.15) is 6.07 Å². The van der Waals surface area contributed by atoms with E-state index in [4.69, 9.17) is 5.26 Å². The average molecular weight is 356 g/mol. The zero-order chi connectivity index (χ0) is 18.8. The summed E-state index contributed by atoms with van der Waals surface area (Å²) < 4.78 is 0. The Morgan fingerprint density at radius 3 is 2.81 bits per heavy atom. The number of nitrogens with zero attached hydrogens (tertiary/aromatic N) is 3. The number of carbonyl (C=O) groups is 2. The van der Waals surface area contributed by atoms with E-state index in [0.717, 1.165) is 10.9 Å². The Labute approximate surface area is 156 Å². The van der Waals surface area contributed by atoms with Gasteiger partial charge in [-0.25, -0.2) is 0 Å². The maximum Gasteiger partial charge on any atom is 0.229 e. The molecule has 1 unspecified atom stereocenters. The number of carbonyl (C=O) groups excluding carboxylic acids is 2. The van der Waals surface area contributed by atoms with Crippen molar-refractivity contribution in [3.63, 3.8) is 0 Å². The first-order valence-electron chi connectivity index (χ1n) is 8.61. The number of nitrogens with one attached hydrogen (secondary N) is 1. The van der Waals surface area contributed by atoms with Gasteiger partial charge in [0.25, 0.3) is 0 Å². The Morgan fingerprint density at radius 2 is 1.96 bits per heavy atom. The molecule has 2 aromatic carbocycles. The number of nitriles is 1. The van der Waals surface area contributed by atoms with Crippen molar-refractivity contribution in [2.45, 2.75) is 6.42 Å². The topological polar surface area (TPSA) is 86.1 Å². The van der Waals surface area contributed by atoms with Crippen molar-refractivity contribution >= 4 is 34.1 Å². The molecule has 6 nitrogen and oxygen atoms in total. The highest BCUT2D eigenvalue weighted by atomic mass is 16.2. The van der Waals surface area contributed by atoms with Crippen LogP contribution in [-0.4, -0.2) is 23.3 Å². The van der Waals surface area contributed by atoms with Gasteiger partial charge in [-0.3, -0.25) is 14.6 Å². The fourth-order valence-corrected chi connectivity index (χ4v) is 3.35. The van der Waals surface area contributed by atoms with Gasteiger partial charge in [0, 0.05) is 24.5 Å². The second kappa shape index (κ2) is 6.89. The van der Waals surface area contributed by atoms with Gasteiger partial charge in [-0.1, -0.05) is 30.3 Å². The summed E-state index contributed by atoms with van der Waals surface area (Å²) in [7, 11) is 0. The molecule has 0 saturated carbocycles. The van der Waals surface area contributed by atoms with E-state index < -0.39 is 5.92 Å².